The molecule has 90 valence electrons. The molecule has 0 aliphatic carbocycles. The van der Waals surface area contributed by atoms with Crippen LogP contribution in [0.5, 0.6) is 0 Å². The minimum atomic E-state index is -5.89. The fourth-order valence-corrected chi connectivity index (χ4v) is 0.735. The number of hydrogen-bond donors (Lipinski definition) is 1. The van der Waals surface area contributed by atoms with Gasteiger partial charge in [0, 0.05) is 13.2 Å². The number of rotatable bonds is 4. The summed E-state index contributed by atoms with van der Waals surface area (Å²) in [6.07, 6.45) is -5.89. The Balaban J connectivity index is 4.45. The van der Waals surface area contributed by atoms with Crippen LogP contribution in [0.1, 0.15) is 6.92 Å². The number of methoxy groups -OCH3 is 1. The van der Waals surface area contributed by atoms with E-state index < -0.39 is 24.0 Å². The summed E-state index contributed by atoms with van der Waals surface area (Å²) in [6.45, 7) is 1.09. The Morgan fingerprint density at radius 3 is 2.13 bits per heavy atom. The van der Waals surface area contributed by atoms with E-state index in [4.69, 9.17) is 0 Å². The average molecular weight is 235 g/mol. The highest BCUT2D eigenvalue weighted by Crippen LogP contribution is 2.35. The van der Waals surface area contributed by atoms with E-state index in [2.05, 4.69) is 4.74 Å². The second-order valence-corrected chi connectivity index (χ2v) is 2.90. The number of alkyl halides is 5. The molecule has 0 saturated carbocycles. The van der Waals surface area contributed by atoms with E-state index >= 15 is 0 Å². The van der Waals surface area contributed by atoms with Gasteiger partial charge in [0.05, 0.1) is 6.61 Å². The highest BCUT2D eigenvalue weighted by atomic mass is 19.4. The predicted octanol–water partition coefficient (Wildman–Crippen LogP) is 1.34. The van der Waals surface area contributed by atoms with Gasteiger partial charge in [0.1, 0.15) is 0 Å². The lowest BCUT2D eigenvalue weighted by Crippen LogP contribution is -2.53. The van der Waals surface area contributed by atoms with Crippen LogP contribution in [0.25, 0.3) is 0 Å². The Kier molecular flexibility index (Phi) is 4.44. The van der Waals surface area contributed by atoms with Gasteiger partial charge in [-0.05, 0) is 6.92 Å². The summed E-state index contributed by atoms with van der Waals surface area (Å²) in [7, 11) is 1.23. The molecule has 0 radical (unpaired) electrons. The summed E-state index contributed by atoms with van der Waals surface area (Å²) in [5.74, 6) is -7.76. The molecule has 0 saturated heterocycles. The third-order valence-electron chi connectivity index (χ3n) is 1.44. The molecule has 1 atom stereocenters. The number of carbonyl (C=O) groups excluding carboxylic acids is 1. The zero-order valence-corrected chi connectivity index (χ0v) is 7.99. The first-order valence-electron chi connectivity index (χ1n) is 3.87. The van der Waals surface area contributed by atoms with E-state index in [9.17, 15) is 26.7 Å². The molecule has 3 nitrogen and oxygen atoms in total. The van der Waals surface area contributed by atoms with Gasteiger partial charge in [0.15, 0.2) is 0 Å². The van der Waals surface area contributed by atoms with Crippen LogP contribution >= 0.6 is 0 Å². The first-order chi connectivity index (χ1) is 6.63. The van der Waals surface area contributed by atoms with E-state index in [0.717, 1.165) is 0 Å². The topological polar surface area (TPSA) is 38.3 Å². The van der Waals surface area contributed by atoms with Crippen molar-refractivity contribution in [3.8, 4) is 0 Å². The largest absolute Gasteiger partial charge is 0.463 e. The van der Waals surface area contributed by atoms with Crippen molar-refractivity contribution in [1.29, 1.82) is 0 Å². The minimum Gasteiger partial charge on any atom is -0.383 e. The van der Waals surface area contributed by atoms with Gasteiger partial charge in [0.25, 0.3) is 0 Å². The fourth-order valence-electron chi connectivity index (χ4n) is 0.735. The standard InChI is InChI=1S/C7H10F5NO2/c1-4(3-15-2)13-5(14)6(8,9)7(10,11)12/h4H,3H2,1-2H3,(H,13,14). The van der Waals surface area contributed by atoms with E-state index in [1.807, 2.05) is 0 Å². The van der Waals surface area contributed by atoms with Gasteiger partial charge in [-0.2, -0.15) is 22.0 Å². The molecule has 0 aliphatic rings. The molecule has 1 unspecified atom stereocenters. The average Bonchev–Trinajstić information content (AvgIpc) is 2.02. The molecule has 0 heterocycles. The van der Waals surface area contributed by atoms with Crippen LogP contribution in [0, 0.1) is 0 Å². The van der Waals surface area contributed by atoms with Gasteiger partial charge in [-0.3, -0.25) is 4.79 Å². The predicted molar refractivity (Wildman–Crippen MR) is 40.5 cm³/mol. The summed E-state index contributed by atoms with van der Waals surface area (Å²) < 4.78 is 64.2. The van der Waals surface area contributed by atoms with Gasteiger partial charge in [-0.15, -0.1) is 0 Å². The summed E-state index contributed by atoms with van der Waals surface area (Å²) in [5.41, 5.74) is 0. The zero-order valence-electron chi connectivity index (χ0n) is 7.99. The summed E-state index contributed by atoms with van der Waals surface area (Å²) in [4.78, 5) is 10.6. The van der Waals surface area contributed by atoms with Crippen molar-refractivity contribution in [1.82, 2.24) is 5.32 Å². The molecule has 1 N–H and O–H groups in total. The third-order valence-corrected chi connectivity index (χ3v) is 1.44. The molecular formula is C7H10F5NO2. The molecule has 15 heavy (non-hydrogen) atoms. The lowest BCUT2D eigenvalue weighted by molar-refractivity contribution is -0.270. The molecule has 0 fully saturated rings. The Labute approximate surface area is 82.6 Å². The molecule has 0 aromatic rings. The second-order valence-electron chi connectivity index (χ2n) is 2.90. The minimum absolute atomic E-state index is 0.153. The Morgan fingerprint density at radius 1 is 1.33 bits per heavy atom. The van der Waals surface area contributed by atoms with Crippen LogP contribution in [-0.2, 0) is 9.53 Å². The molecule has 0 aromatic heterocycles. The van der Waals surface area contributed by atoms with Crippen molar-refractivity contribution in [3.05, 3.63) is 0 Å². The van der Waals surface area contributed by atoms with Gasteiger partial charge >= 0.3 is 18.0 Å². The monoisotopic (exact) mass is 235 g/mol. The van der Waals surface area contributed by atoms with Crippen LogP contribution in [0.4, 0.5) is 22.0 Å². The normalized spacial score (nSPS) is 14.9. The van der Waals surface area contributed by atoms with Gasteiger partial charge in [-0.25, -0.2) is 0 Å². The van der Waals surface area contributed by atoms with Crippen LogP contribution in [-0.4, -0.2) is 37.8 Å². The van der Waals surface area contributed by atoms with Crippen molar-refractivity contribution < 1.29 is 31.5 Å². The smallest absolute Gasteiger partial charge is 0.383 e. The lowest BCUT2D eigenvalue weighted by Gasteiger charge is -2.21. The van der Waals surface area contributed by atoms with Gasteiger partial charge in [0.2, 0.25) is 0 Å². The van der Waals surface area contributed by atoms with Crippen LogP contribution in [0.3, 0.4) is 0 Å². The number of halogens is 5. The maximum absolute atomic E-state index is 12.3. The molecule has 8 heteroatoms. The SMILES string of the molecule is COCC(C)NC(=O)C(F)(F)C(F)(F)F. The van der Waals surface area contributed by atoms with Crippen LogP contribution in [0.2, 0.25) is 0 Å². The van der Waals surface area contributed by atoms with Gasteiger partial charge < -0.3 is 10.1 Å². The van der Waals surface area contributed by atoms with Crippen molar-refractivity contribution >= 4 is 5.91 Å². The molecule has 0 aromatic carbocycles. The molecule has 0 spiro atoms. The third kappa shape index (κ3) is 3.61. The van der Waals surface area contributed by atoms with Crippen molar-refractivity contribution in [3.63, 3.8) is 0 Å². The van der Waals surface area contributed by atoms with Crippen molar-refractivity contribution in [2.45, 2.75) is 25.1 Å². The zero-order chi connectivity index (χ0) is 12.3. The Hall–Kier alpha value is -0.920. The van der Waals surface area contributed by atoms with E-state index in [0.29, 0.717) is 0 Å². The molecule has 0 aliphatic heterocycles. The first-order valence-corrected chi connectivity index (χ1v) is 3.87. The quantitative estimate of drug-likeness (QED) is 0.746. The summed E-state index contributed by atoms with van der Waals surface area (Å²) in [5, 5.41) is 1.49. The highest BCUT2D eigenvalue weighted by molar-refractivity contribution is 5.84. The van der Waals surface area contributed by atoms with Crippen molar-refractivity contribution in [2.24, 2.45) is 0 Å². The number of amides is 1. The van der Waals surface area contributed by atoms with E-state index in [-0.39, 0.29) is 6.61 Å². The molecule has 0 bridgehead atoms. The molecule has 1 amide bonds. The lowest BCUT2D eigenvalue weighted by atomic mass is 10.2. The maximum atomic E-state index is 12.3. The molecular weight excluding hydrogens is 225 g/mol. The van der Waals surface area contributed by atoms with Crippen molar-refractivity contribution in [2.75, 3.05) is 13.7 Å². The van der Waals surface area contributed by atoms with Crippen LogP contribution < -0.4 is 5.32 Å². The number of hydrogen-bond acceptors (Lipinski definition) is 2. The maximum Gasteiger partial charge on any atom is 0.463 e. The van der Waals surface area contributed by atoms with Crippen LogP contribution in [0.15, 0.2) is 0 Å². The summed E-state index contributed by atoms with van der Waals surface area (Å²) >= 11 is 0. The number of ether oxygens (including phenoxy) is 1. The van der Waals surface area contributed by atoms with E-state index in [1.54, 1.807) is 0 Å². The van der Waals surface area contributed by atoms with E-state index in [1.165, 1.54) is 19.4 Å². The second kappa shape index (κ2) is 4.73. The Morgan fingerprint density at radius 2 is 1.80 bits per heavy atom. The fraction of sp³-hybridized carbons (Fsp3) is 0.857. The van der Waals surface area contributed by atoms with Gasteiger partial charge in [-0.1, -0.05) is 0 Å². The number of carbonyl (C=O) groups is 1. The first kappa shape index (κ1) is 14.1. The Bertz CT molecular complexity index is 228. The number of nitrogens with one attached hydrogen (secondary N) is 1. The summed E-state index contributed by atoms with van der Waals surface area (Å²) in [6, 6.07) is -0.921. The molecule has 0 rings (SSSR count). The highest BCUT2D eigenvalue weighted by Gasteiger charge is 2.63.